The van der Waals surface area contributed by atoms with Crippen molar-refractivity contribution in [2.45, 2.75) is 311 Å². The molecule has 3 heterocycles. The van der Waals surface area contributed by atoms with Gasteiger partial charge in [-0.15, -0.1) is 0 Å². The van der Waals surface area contributed by atoms with E-state index in [4.69, 9.17) is 28.4 Å². The third-order valence-corrected chi connectivity index (χ3v) is 16.4. The smallest absolute Gasteiger partial charge is 0.220 e. The van der Waals surface area contributed by atoms with E-state index in [0.29, 0.717) is 12.8 Å². The summed E-state index contributed by atoms with van der Waals surface area (Å²) in [7, 11) is 0. The molecule has 19 heteroatoms. The summed E-state index contributed by atoms with van der Waals surface area (Å²) in [6.45, 7) is 1.33. The van der Waals surface area contributed by atoms with E-state index in [1.165, 1.54) is 103 Å². The van der Waals surface area contributed by atoms with Crippen LogP contribution in [0, 0.1) is 0 Å². The highest BCUT2D eigenvalue weighted by Gasteiger charge is 2.53. The van der Waals surface area contributed by atoms with Crippen molar-refractivity contribution in [3.63, 3.8) is 0 Å². The van der Waals surface area contributed by atoms with Gasteiger partial charge in [0.15, 0.2) is 18.9 Å². The molecule has 0 aromatic carbocycles. The van der Waals surface area contributed by atoms with Crippen molar-refractivity contribution in [2.24, 2.45) is 0 Å². The van der Waals surface area contributed by atoms with Gasteiger partial charge in [0, 0.05) is 6.42 Å². The number of aliphatic hydroxyl groups is 11. The van der Waals surface area contributed by atoms with Crippen molar-refractivity contribution in [3.05, 3.63) is 97.2 Å². The summed E-state index contributed by atoms with van der Waals surface area (Å²) < 4.78 is 34.2. The van der Waals surface area contributed by atoms with E-state index in [0.717, 1.165) is 70.6 Å². The molecule has 1 amide bonds. The van der Waals surface area contributed by atoms with Crippen molar-refractivity contribution in [3.8, 4) is 0 Å². The average molecular weight is 1260 g/mol. The zero-order valence-electron chi connectivity index (χ0n) is 53.9. The van der Waals surface area contributed by atoms with Crippen LogP contribution in [0.15, 0.2) is 97.2 Å². The number of hydrogen-bond donors (Lipinski definition) is 12. The first-order valence-electron chi connectivity index (χ1n) is 34.0. The van der Waals surface area contributed by atoms with Gasteiger partial charge >= 0.3 is 0 Å². The van der Waals surface area contributed by atoms with Crippen LogP contribution < -0.4 is 5.32 Å². The molecule has 0 radical (unpaired) electrons. The highest BCUT2D eigenvalue weighted by molar-refractivity contribution is 5.76. The van der Waals surface area contributed by atoms with Crippen molar-refractivity contribution in [2.75, 3.05) is 26.4 Å². The minimum Gasteiger partial charge on any atom is -0.394 e. The summed E-state index contributed by atoms with van der Waals surface area (Å²) in [5.74, 6) is -0.295. The number of nitrogens with one attached hydrogen (secondary N) is 1. The summed E-state index contributed by atoms with van der Waals surface area (Å²) in [4.78, 5) is 13.3. The number of carbonyl (C=O) groups is 1. The molecule has 0 aromatic heterocycles. The molecule has 19 nitrogen and oxygen atoms in total. The Hall–Kier alpha value is -3.29. The molecule has 0 aliphatic carbocycles. The maximum Gasteiger partial charge on any atom is 0.220 e. The molecule has 89 heavy (non-hydrogen) atoms. The molecular formula is C70H119NO18. The molecular weight excluding hydrogens is 1140 g/mol. The average Bonchev–Trinajstić information content (AvgIpc) is 1.06. The van der Waals surface area contributed by atoms with E-state index < -0.39 is 124 Å². The van der Waals surface area contributed by atoms with Gasteiger partial charge in [0.05, 0.1) is 38.6 Å². The van der Waals surface area contributed by atoms with Gasteiger partial charge in [-0.3, -0.25) is 4.79 Å². The molecule has 3 saturated heterocycles. The summed E-state index contributed by atoms with van der Waals surface area (Å²) >= 11 is 0. The lowest BCUT2D eigenvalue weighted by molar-refractivity contribution is -0.379. The normalized spacial score (nSPS) is 28.8. The fourth-order valence-electron chi connectivity index (χ4n) is 11.0. The number of carbonyl (C=O) groups excluding carboxylic acids is 1. The van der Waals surface area contributed by atoms with E-state index in [1.807, 2.05) is 19.1 Å². The number of aliphatic hydroxyl groups excluding tert-OH is 11. The van der Waals surface area contributed by atoms with Crippen LogP contribution in [-0.2, 0) is 33.2 Å². The zero-order chi connectivity index (χ0) is 64.7. The van der Waals surface area contributed by atoms with Gasteiger partial charge in [-0.25, -0.2) is 0 Å². The summed E-state index contributed by atoms with van der Waals surface area (Å²) in [5.41, 5.74) is 0. The van der Waals surface area contributed by atoms with E-state index >= 15 is 0 Å². The van der Waals surface area contributed by atoms with Crippen LogP contribution in [0.2, 0.25) is 0 Å². The molecule has 0 aromatic rings. The summed E-state index contributed by atoms with van der Waals surface area (Å²) in [6, 6.07) is -0.997. The Balaban J connectivity index is 1.31. The van der Waals surface area contributed by atoms with Gasteiger partial charge in [-0.1, -0.05) is 213 Å². The van der Waals surface area contributed by atoms with Gasteiger partial charge in [-0.05, 0) is 84.0 Å². The molecule has 12 N–H and O–H groups in total. The first-order valence-corrected chi connectivity index (χ1v) is 34.0. The Morgan fingerprint density at radius 1 is 0.427 bits per heavy atom. The van der Waals surface area contributed by atoms with Gasteiger partial charge in [0.25, 0.3) is 0 Å². The molecule has 3 rings (SSSR count). The maximum atomic E-state index is 13.3. The standard InChI is InChI=1S/C70H119NO18/c1-3-5-7-9-11-13-14-15-16-17-18-19-20-21-22-23-24-25-26-27-28-29-30-31-32-33-34-35-36-37-38-40-42-44-46-48-58(76)71-53(54(75)47-45-43-41-39-12-10-8-6-4-2)52-84-68-64(82)61(79)66(56(50-73)86-68)89-70-65(83)62(80)67(57(51-74)87-70)88-69-63(81)60(78)59(77)55(49-72)85-69/h4-7,11-13,15-16,18-19,21-22,39,45,47,53-57,59-70,72-75,77-83H,3,8-10,14,17,20,23-38,40-44,46,48-52H2,1-2H3,(H,71,76)/b6-4+,7-5-,13-11-,16-15-,19-18-,22-21-,39-12+,47-45+. The predicted octanol–water partition coefficient (Wildman–Crippen LogP) is 8.49. The number of amides is 1. The number of hydrogen-bond acceptors (Lipinski definition) is 18. The summed E-state index contributed by atoms with van der Waals surface area (Å²) in [5, 5.41) is 120. The second-order valence-corrected chi connectivity index (χ2v) is 23.9. The second kappa shape index (κ2) is 51.2. The Bertz CT molecular complexity index is 1990. The number of ether oxygens (including phenoxy) is 6. The van der Waals surface area contributed by atoms with Crippen LogP contribution in [0.1, 0.15) is 206 Å². The number of unbranched alkanes of at least 4 members (excludes halogenated alkanes) is 21. The van der Waals surface area contributed by atoms with Crippen LogP contribution >= 0.6 is 0 Å². The van der Waals surface area contributed by atoms with Crippen LogP contribution in [0.25, 0.3) is 0 Å². The van der Waals surface area contributed by atoms with Gasteiger partial charge < -0.3 is 89.9 Å². The van der Waals surface area contributed by atoms with Gasteiger partial charge in [0.2, 0.25) is 5.91 Å². The molecule has 0 bridgehead atoms. The first-order chi connectivity index (χ1) is 43.3. The zero-order valence-corrected chi connectivity index (χ0v) is 53.9. The van der Waals surface area contributed by atoms with E-state index in [9.17, 15) is 61.0 Å². The molecule has 3 aliphatic rings. The third kappa shape index (κ3) is 33.4. The molecule has 3 aliphatic heterocycles. The lowest BCUT2D eigenvalue weighted by Gasteiger charge is -2.48. The molecule has 17 atom stereocenters. The van der Waals surface area contributed by atoms with E-state index in [2.05, 4.69) is 91.2 Å². The van der Waals surface area contributed by atoms with Crippen molar-refractivity contribution in [1.82, 2.24) is 5.32 Å². The number of allylic oxidation sites excluding steroid dienone is 15. The second-order valence-electron chi connectivity index (χ2n) is 23.9. The molecule has 0 saturated carbocycles. The van der Waals surface area contributed by atoms with Gasteiger partial charge in [-0.2, -0.15) is 0 Å². The minimum absolute atomic E-state index is 0.229. The molecule has 0 spiro atoms. The molecule has 17 unspecified atom stereocenters. The van der Waals surface area contributed by atoms with Crippen molar-refractivity contribution in [1.29, 1.82) is 0 Å². The number of rotatable bonds is 50. The Morgan fingerprint density at radius 2 is 0.798 bits per heavy atom. The quantitative estimate of drug-likeness (QED) is 0.0201. The lowest BCUT2D eigenvalue weighted by Crippen LogP contribution is -2.66. The highest BCUT2D eigenvalue weighted by Crippen LogP contribution is 2.33. The first kappa shape index (κ1) is 79.9. The van der Waals surface area contributed by atoms with Crippen LogP contribution in [0.4, 0.5) is 0 Å². The van der Waals surface area contributed by atoms with E-state index in [1.54, 1.807) is 6.08 Å². The highest BCUT2D eigenvalue weighted by atomic mass is 16.8. The third-order valence-electron chi connectivity index (χ3n) is 16.4. The fraction of sp³-hybridized carbons (Fsp3) is 0.757. The van der Waals surface area contributed by atoms with Crippen LogP contribution in [0.5, 0.6) is 0 Å². The van der Waals surface area contributed by atoms with Crippen LogP contribution in [0.3, 0.4) is 0 Å². The Kier molecular flexibility index (Phi) is 46.0. The van der Waals surface area contributed by atoms with Crippen LogP contribution in [-0.4, -0.2) is 193 Å². The van der Waals surface area contributed by atoms with E-state index in [-0.39, 0.29) is 18.9 Å². The Labute approximate surface area is 533 Å². The minimum atomic E-state index is -1.98. The summed E-state index contributed by atoms with van der Waals surface area (Å²) in [6.07, 6.45) is 40.3. The largest absolute Gasteiger partial charge is 0.394 e. The topological polar surface area (TPSA) is 307 Å². The van der Waals surface area contributed by atoms with Crippen molar-refractivity contribution >= 4 is 5.91 Å². The maximum absolute atomic E-state index is 13.3. The SMILES string of the molecule is C/C=C/CC/C=C/CC/C=C/C(O)C(COC1OC(CO)C(OC2OC(CO)C(OC3OC(CO)C(O)C(O)C3O)C(O)C2O)C(O)C1O)NC(=O)CCCCCCCCCCCCCCCCCCCCC/C=C\C/C=C\C/C=C\C/C=C\C/C=C\CC. The predicted molar refractivity (Wildman–Crippen MR) is 346 cm³/mol. The van der Waals surface area contributed by atoms with Crippen molar-refractivity contribution < 1.29 is 89.4 Å². The lowest BCUT2D eigenvalue weighted by atomic mass is 9.96. The monoisotopic (exact) mass is 1260 g/mol. The van der Waals surface area contributed by atoms with Gasteiger partial charge in [0.1, 0.15) is 73.2 Å². The Morgan fingerprint density at radius 3 is 1.26 bits per heavy atom. The fourth-order valence-corrected chi connectivity index (χ4v) is 11.0. The molecule has 512 valence electrons. The molecule has 3 fully saturated rings.